The van der Waals surface area contributed by atoms with Crippen LogP contribution < -0.4 is 4.74 Å². The molecule has 0 saturated carbocycles. The number of aliphatic carboxylic acids is 1. The molecule has 0 aromatic heterocycles. The van der Waals surface area contributed by atoms with Crippen molar-refractivity contribution >= 4 is 18.0 Å². The maximum atomic E-state index is 10.8. The van der Waals surface area contributed by atoms with Crippen LogP contribution in [0.15, 0.2) is 43.0 Å². The van der Waals surface area contributed by atoms with Crippen LogP contribution in [0.4, 0.5) is 0 Å². The lowest BCUT2D eigenvalue weighted by Crippen LogP contribution is -2.12. The van der Waals surface area contributed by atoms with Crippen molar-refractivity contribution in [2.24, 2.45) is 5.92 Å². The lowest BCUT2D eigenvalue weighted by Gasteiger charge is -2.13. The summed E-state index contributed by atoms with van der Waals surface area (Å²) in [5, 5.41) is 8.36. The van der Waals surface area contributed by atoms with Gasteiger partial charge in [0.2, 0.25) is 0 Å². The molecule has 0 spiro atoms. The fraction of sp³-hybridized carbons (Fsp3) is 0.429. The summed E-state index contributed by atoms with van der Waals surface area (Å²) in [5.74, 6) is 0.0158. The normalized spacial score (nSPS) is 11.2. The fourth-order valence-electron chi connectivity index (χ4n) is 2.04. The predicted octanol–water partition coefficient (Wildman–Crippen LogP) is 4.73. The zero-order valence-electron chi connectivity index (χ0n) is 15.9. The van der Waals surface area contributed by atoms with Gasteiger partial charge in [-0.05, 0) is 36.1 Å². The van der Waals surface area contributed by atoms with E-state index in [-0.39, 0.29) is 5.97 Å². The Balaban J connectivity index is 0.000000481. The molecular formula is C21H30O5. The molecule has 0 saturated heterocycles. The highest BCUT2D eigenvalue weighted by Crippen LogP contribution is 2.13. The minimum Gasteiger partial charge on any atom is -0.497 e. The topological polar surface area (TPSA) is 72.8 Å². The number of benzene rings is 1. The van der Waals surface area contributed by atoms with Gasteiger partial charge in [0.05, 0.1) is 13.7 Å². The molecule has 0 heterocycles. The molecule has 1 unspecified atom stereocenters. The summed E-state index contributed by atoms with van der Waals surface area (Å²) in [7, 11) is 1.59. The average Bonchev–Trinajstić information content (AvgIpc) is 2.67. The van der Waals surface area contributed by atoms with Gasteiger partial charge < -0.3 is 14.6 Å². The van der Waals surface area contributed by atoms with E-state index in [1.165, 1.54) is 25.0 Å². The lowest BCUT2D eigenvalue weighted by molar-refractivity contribution is -0.139. The lowest BCUT2D eigenvalue weighted by atomic mass is 10.0. The summed E-state index contributed by atoms with van der Waals surface area (Å²) < 4.78 is 9.94. The molecule has 26 heavy (non-hydrogen) atoms. The number of methoxy groups -OCH3 is 1. The molecule has 5 heteroatoms. The summed E-state index contributed by atoms with van der Waals surface area (Å²) in [5.41, 5.74) is 0.836. The van der Waals surface area contributed by atoms with E-state index in [1.807, 2.05) is 0 Å². The number of ether oxygens (including phenoxy) is 2. The molecule has 0 fully saturated rings. The highest BCUT2D eigenvalue weighted by atomic mass is 16.5. The van der Waals surface area contributed by atoms with Gasteiger partial charge >= 0.3 is 11.9 Å². The van der Waals surface area contributed by atoms with E-state index >= 15 is 0 Å². The highest BCUT2D eigenvalue weighted by molar-refractivity contribution is 5.85. The summed E-state index contributed by atoms with van der Waals surface area (Å²) in [6, 6.07) is 7.14. The van der Waals surface area contributed by atoms with Gasteiger partial charge in [0.1, 0.15) is 5.75 Å². The molecule has 1 atom stereocenters. The van der Waals surface area contributed by atoms with Crippen molar-refractivity contribution in [2.75, 3.05) is 13.7 Å². The van der Waals surface area contributed by atoms with Crippen LogP contribution in [0.3, 0.4) is 0 Å². The quantitative estimate of drug-likeness (QED) is 0.481. The van der Waals surface area contributed by atoms with Crippen molar-refractivity contribution in [3.8, 4) is 5.75 Å². The van der Waals surface area contributed by atoms with Gasteiger partial charge in [-0.3, -0.25) is 0 Å². The zero-order chi connectivity index (χ0) is 19.8. The second kappa shape index (κ2) is 14.8. The SMILES string of the molecule is C=CC(=O)OCC(CC)CCCC.COc1ccc(/C=C/C(=O)O)cc1. The van der Waals surface area contributed by atoms with Gasteiger partial charge in [0.15, 0.2) is 0 Å². The van der Waals surface area contributed by atoms with Crippen LogP contribution >= 0.6 is 0 Å². The average molecular weight is 362 g/mol. The monoisotopic (exact) mass is 362 g/mol. The van der Waals surface area contributed by atoms with Crippen LogP contribution in [0.5, 0.6) is 5.75 Å². The van der Waals surface area contributed by atoms with Gasteiger partial charge in [-0.1, -0.05) is 51.8 Å². The van der Waals surface area contributed by atoms with Gasteiger partial charge in [0.25, 0.3) is 0 Å². The minimum atomic E-state index is -0.948. The van der Waals surface area contributed by atoms with Gasteiger partial charge in [-0.25, -0.2) is 9.59 Å². The van der Waals surface area contributed by atoms with Crippen LogP contribution in [0.2, 0.25) is 0 Å². The molecule has 0 aliphatic rings. The Labute approximate surface area is 156 Å². The smallest absolute Gasteiger partial charge is 0.330 e. The number of carbonyl (C=O) groups is 2. The second-order valence-corrected chi connectivity index (χ2v) is 5.70. The van der Waals surface area contributed by atoms with Crippen molar-refractivity contribution in [1.82, 2.24) is 0 Å². The number of hydrogen-bond acceptors (Lipinski definition) is 4. The molecule has 5 nitrogen and oxygen atoms in total. The standard InChI is InChI=1S/C11H20O2.C10H10O3/c1-4-7-8-10(5-2)9-13-11(12)6-3;1-13-9-5-2-8(3-6-9)4-7-10(11)12/h6,10H,3-5,7-9H2,1-2H3;2-7H,1H3,(H,11,12)/b;7-4+. The molecule has 1 rings (SSSR count). The highest BCUT2D eigenvalue weighted by Gasteiger charge is 2.07. The molecule has 1 aromatic carbocycles. The van der Waals surface area contributed by atoms with Crippen molar-refractivity contribution < 1.29 is 24.2 Å². The first-order chi connectivity index (χ1) is 12.5. The van der Waals surface area contributed by atoms with E-state index in [9.17, 15) is 9.59 Å². The van der Waals surface area contributed by atoms with Crippen LogP contribution in [0, 0.1) is 5.92 Å². The minimum absolute atomic E-state index is 0.310. The number of carboxylic acid groups (broad SMARTS) is 1. The molecule has 144 valence electrons. The Bertz CT molecular complexity index is 560. The summed E-state index contributed by atoms with van der Waals surface area (Å²) >= 11 is 0. The molecule has 1 aromatic rings. The van der Waals surface area contributed by atoms with Crippen LogP contribution in [-0.4, -0.2) is 30.8 Å². The summed E-state index contributed by atoms with van der Waals surface area (Å²) in [6.07, 6.45) is 8.48. The second-order valence-electron chi connectivity index (χ2n) is 5.70. The summed E-state index contributed by atoms with van der Waals surface area (Å²) in [6.45, 7) is 8.19. The van der Waals surface area contributed by atoms with Crippen molar-refractivity contribution in [2.45, 2.75) is 39.5 Å². The number of esters is 1. The number of carboxylic acids is 1. The molecule has 0 bridgehead atoms. The van der Waals surface area contributed by atoms with Gasteiger partial charge in [-0.2, -0.15) is 0 Å². The molecule has 0 amide bonds. The molecule has 0 aliphatic carbocycles. The zero-order valence-corrected chi connectivity index (χ0v) is 15.9. The third-order valence-corrected chi connectivity index (χ3v) is 3.71. The van der Waals surface area contributed by atoms with Gasteiger partial charge in [-0.15, -0.1) is 0 Å². The van der Waals surface area contributed by atoms with Crippen molar-refractivity contribution in [3.05, 3.63) is 48.6 Å². The molecular weight excluding hydrogens is 332 g/mol. The predicted molar refractivity (Wildman–Crippen MR) is 104 cm³/mol. The first-order valence-electron chi connectivity index (χ1n) is 8.80. The Morgan fingerprint density at radius 1 is 1.23 bits per heavy atom. The van der Waals surface area contributed by atoms with E-state index in [0.29, 0.717) is 12.5 Å². The number of unbranched alkanes of at least 4 members (excludes halogenated alkanes) is 1. The number of carbonyl (C=O) groups excluding carboxylic acids is 1. The van der Waals surface area contributed by atoms with Crippen LogP contribution in [-0.2, 0) is 14.3 Å². The first-order valence-corrected chi connectivity index (χ1v) is 8.80. The Hall–Kier alpha value is -2.56. The van der Waals surface area contributed by atoms with Crippen molar-refractivity contribution in [1.29, 1.82) is 0 Å². The van der Waals surface area contributed by atoms with E-state index in [4.69, 9.17) is 14.6 Å². The largest absolute Gasteiger partial charge is 0.497 e. The Morgan fingerprint density at radius 2 is 1.88 bits per heavy atom. The molecule has 1 N–H and O–H groups in total. The van der Waals surface area contributed by atoms with E-state index in [1.54, 1.807) is 31.4 Å². The summed E-state index contributed by atoms with van der Waals surface area (Å²) in [4.78, 5) is 20.9. The van der Waals surface area contributed by atoms with Gasteiger partial charge in [0, 0.05) is 12.2 Å². The van der Waals surface area contributed by atoms with Crippen LogP contribution in [0.1, 0.15) is 45.1 Å². The van der Waals surface area contributed by atoms with E-state index < -0.39 is 5.97 Å². The third-order valence-electron chi connectivity index (χ3n) is 3.71. The molecule has 0 aliphatic heterocycles. The van der Waals surface area contributed by atoms with E-state index in [0.717, 1.165) is 30.2 Å². The number of hydrogen-bond donors (Lipinski definition) is 1. The molecule has 0 radical (unpaired) electrons. The maximum absolute atomic E-state index is 10.8. The first kappa shape index (κ1) is 23.4. The number of rotatable bonds is 10. The van der Waals surface area contributed by atoms with E-state index in [2.05, 4.69) is 20.4 Å². The van der Waals surface area contributed by atoms with Crippen molar-refractivity contribution in [3.63, 3.8) is 0 Å². The maximum Gasteiger partial charge on any atom is 0.330 e. The fourth-order valence-corrected chi connectivity index (χ4v) is 2.04. The Morgan fingerprint density at radius 3 is 2.35 bits per heavy atom. The third kappa shape index (κ3) is 11.9. The van der Waals surface area contributed by atoms with Crippen LogP contribution in [0.25, 0.3) is 6.08 Å². The Kier molecular flexibility index (Phi) is 13.3.